The van der Waals surface area contributed by atoms with Gasteiger partial charge in [0.1, 0.15) is 0 Å². The van der Waals surface area contributed by atoms with Crippen LogP contribution in [-0.4, -0.2) is 37.8 Å². The van der Waals surface area contributed by atoms with Gasteiger partial charge in [0, 0.05) is 13.6 Å². The average molecular weight is 329 g/mol. The molecule has 19 heavy (non-hydrogen) atoms. The largest absolute Gasteiger partial charge is 0.316 e. The van der Waals surface area contributed by atoms with Crippen LogP contribution in [0.2, 0.25) is 5.02 Å². The van der Waals surface area contributed by atoms with Crippen molar-refractivity contribution in [3.05, 3.63) is 11.2 Å². The monoisotopic (exact) mass is 328 g/mol. The van der Waals surface area contributed by atoms with Crippen molar-refractivity contribution in [2.75, 3.05) is 19.6 Å². The van der Waals surface area contributed by atoms with E-state index in [-0.39, 0.29) is 22.5 Å². The van der Waals surface area contributed by atoms with Crippen LogP contribution >= 0.6 is 24.0 Å². The van der Waals surface area contributed by atoms with Crippen molar-refractivity contribution in [1.82, 2.24) is 19.8 Å². The van der Waals surface area contributed by atoms with Gasteiger partial charge in [-0.3, -0.25) is 4.68 Å². The van der Waals surface area contributed by atoms with Crippen LogP contribution in [0.25, 0.3) is 0 Å². The first-order valence-electron chi connectivity index (χ1n) is 5.88. The molecule has 1 aliphatic rings. The Bertz CT molecular complexity index is 492. The van der Waals surface area contributed by atoms with Crippen LogP contribution in [0, 0.1) is 5.92 Å². The molecule has 0 spiro atoms. The molecule has 0 radical (unpaired) electrons. The Hall–Kier alpha value is -0.340. The minimum absolute atomic E-state index is 0. The van der Waals surface area contributed by atoms with E-state index in [2.05, 4.69) is 15.1 Å². The predicted octanol–water partition coefficient (Wildman–Crippen LogP) is 0.773. The minimum atomic E-state index is -3.57. The van der Waals surface area contributed by atoms with Gasteiger partial charge in [-0.1, -0.05) is 11.6 Å². The number of halogens is 2. The van der Waals surface area contributed by atoms with Gasteiger partial charge in [-0.05, 0) is 31.8 Å². The highest BCUT2D eigenvalue weighted by Gasteiger charge is 2.23. The highest BCUT2D eigenvalue weighted by Crippen LogP contribution is 2.19. The fourth-order valence-electron chi connectivity index (χ4n) is 2.13. The first-order valence-corrected chi connectivity index (χ1v) is 7.74. The van der Waals surface area contributed by atoms with Crippen LogP contribution in [0.4, 0.5) is 0 Å². The fraction of sp³-hybridized carbons (Fsp3) is 0.700. The maximum atomic E-state index is 12.0. The Morgan fingerprint density at radius 1 is 1.63 bits per heavy atom. The van der Waals surface area contributed by atoms with Crippen LogP contribution in [-0.2, 0) is 17.1 Å². The molecule has 110 valence electrons. The molecule has 0 aromatic carbocycles. The van der Waals surface area contributed by atoms with Crippen LogP contribution in [0.5, 0.6) is 0 Å². The van der Waals surface area contributed by atoms with Crippen molar-refractivity contribution in [2.45, 2.75) is 17.9 Å². The molecule has 2 N–H and O–H groups in total. The predicted molar refractivity (Wildman–Crippen MR) is 76.2 cm³/mol. The molecule has 1 atom stereocenters. The third-order valence-corrected chi connectivity index (χ3v) is 5.07. The summed E-state index contributed by atoms with van der Waals surface area (Å²) < 4.78 is 27.9. The van der Waals surface area contributed by atoms with Crippen molar-refractivity contribution < 1.29 is 8.42 Å². The number of sulfonamides is 1. The molecule has 1 aromatic heterocycles. The number of nitrogens with one attached hydrogen (secondary N) is 2. The number of nitrogens with zero attached hydrogens (tertiary/aromatic N) is 2. The molecule has 1 saturated heterocycles. The van der Waals surface area contributed by atoms with Gasteiger partial charge >= 0.3 is 0 Å². The molecule has 1 aromatic rings. The fourth-order valence-corrected chi connectivity index (χ4v) is 3.83. The summed E-state index contributed by atoms with van der Waals surface area (Å²) in [5.41, 5.74) is 0. The highest BCUT2D eigenvalue weighted by atomic mass is 35.5. The van der Waals surface area contributed by atoms with Gasteiger partial charge in [0.15, 0.2) is 5.03 Å². The normalized spacial score (nSPS) is 19.4. The molecule has 2 heterocycles. The summed E-state index contributed by atoms with van der Waals surface area (Å²) in [5, 5.41) is 7.24. The van der Waals surface area contributed by atoms with E-state index in [4.69, 9.17) is 11.6 Å². The first-order chi connectivity index (χ1) is 8.50. The Kier molecular flexibility index (Phi) is 6.07. The lowest BCUT2D eigenvalue weighted by atomic mass is 10.1. The van der Waals surface area contributed by atoms with Crippen molar-refractivity contribution in [1.29, 1.82) is 0 Å². The minimum Gasteiger partial charge on any atom is -0.316 e. The number of aromatic nitrogens is 2. The van der Waals surface area contributed by atoms with Gasteiger partial charge in [0.05, 0.1) is 11.2 Å². The molecule has 0 bridgehead atoms. The quantitative estimate of drug-likeness (QED) is 0.837. The lowest BCUT2D eigenvalue weighted by molar-refractivity contribution is 0.515. The van der Waals surface area contributed by atoms with E-state index in [9.17, 15) is 8.42 Å². The topological polar surface area (TPSA) is 76.0 Å². The van der Waals surface area contributed by atoms with Crippen molar-refractivity contribution in [3.8, 4) is 0 Å². The number of aryl methyl sites for hydroxylation is 1. The Morgan fingerprint density at radius 3 is 2.89 bits per heavy atom. The first kappa shape index (κ1) is 16.7. The van der Waals surface area contributed by atoms with Crippen molar-refractivity contribution in [2.24, 2.45) is 13.0 Å². The van der Waals surface area contributed by atoms with E-state index < -0.39 is 10.0 Å². The lowest BCUT2D eigenvalue weighted by Crippen LogP contribution is -2.28. The van der Waals surface area contributed by atoms with E-state index in [1.54, 1.807) is 7.05 Å². The zero-order valence-corrected chi connectivity index (χ0v) is 13.0. The van der Waals surface area contributed by atoms with Gasteiger partial charge < -0.3 is 5.32 Å². The second-order valence-corrected chi connectivity index (χ2v) is 6.56. The van der Waals surface area contributed by atoms with E-state index in [1.807, 2.05) is 0 Å². The molecular weight excluding hydrogens is 311 g/mol. The number of hydrogen-bond acceptors (Lipinski definition) is 4. The van der Waals surface area contributed by atoms with Crippen LogP contribution in [0.1, 0.15) is 12.8 Å². The zero-order chi connectivity index (χ0) is 13.2. The summed E-state index contributed by atoms with van der Waals surface area (Å²) in [6.07, 6.45) is 3.27. The van der Waals surface area contributed by atoms with Gasteiger partial charge in [-0.25, -0.2) is 13.1 Å². The number of rotatable bonds is 5. The highest BCUT2D eigenvalue weighted by molar-refractivity contribution is 7.89. The molecule has 1 fully saturated rings. The Labute approximate surface area is 124 Å². The standard InChI is InChI=1S/C10H17ClN4O2S.ClH/c1-15-10(9(11)7-13-15)18(16,17)14-5-3-8-2-4-12-6-8;/h7-8,12,14H,2-6H2,1H3;1H. The Morgan fingerprint density at radius 2 is 2.37 bits per heavy atom. The molecule has 9 heteroatoms. The molecule has 1 aliphatic heterocycles. The summed E-state index contributed by atoms with van der Waals surface area (Å²) >= 11 is 5.82. The summed E-state index contributed by atoms with van der Waals surface area (Å²) in [6, 6.07) is 0. The molecule has 6 nitrogen and oxygen atoms in total. The van der Waals surface area contributed by atoms with Crippen molar-refractivity contribution in [3.63, 3.8) is 0 Å². The third kappa shape index (κ3) is 4.06. The summed E-state index contributed by atoms with van der Waals surface area (Å²) in [7, 11) is -2.02. The summed E-state index contributed by atoms with van der Waals surface area (Å²) in [6.45, 7) is 2.41. The van der Waals surface area contributed by atoms with Crippen LogP contribution < -0.4 is 10.0 Å². The second kappa shape index (κ2) is 6.90. The molecule has 0 amide bonds. The summed E-state index contributed by atoms with van der Waals surface area (Å²) in [4.78, 5) is 0. The number of hydrogen-bond donors (Lipinski definition) is 2. The van der Waals surface area contributed by atoms with Gasteiger partial charge in [0.25, 0.3) is 10.0 Å². The van der Waals surface area contributed by atoms with E-state index in [1.165, 1.54) is 10.9 Å². The summed E-state index contributed by atoms with van der Waals surface area (Å²) in [5.74, 6) is 0.551. The average Bonchev–Trinajstić information content (AvgIpc) is 2.89. The van der Waals surface area contributed by atoms with Gasteiger partial charge in [0.2, 0.25) is 0 Å². The maximum Gasteiger partial charge on any atom is 0.259 e. The second-order valence-electron chi connectivity index (χ2n) is 4.47. The van der Waals surface area contributed by atoms with Crippen molar-refractivity contribution >= 4 is 34.0 Å². The molecule has 2 rings (SSSR count). The van der Waals surface area contributed by atoms with E-state index in [0.717, 1.165) is 25.9 Å². The van der Waals surface area contributed by atoms with E-state index in [0.29, 0.717) is 12.5 Å². The lowest BCUT2D eigenvalue weighted by Gasteiger charge is -2.10. The third-order valence-electron chi connectivity index (χ3n) is 3.10. The molecule has 0 aliphatic carbocycles. The Balaban J connectivity index is 0.00000180. The molecule has 0 saturated carbocycles. The SMILES string of the molecule is Cl.Cn1ncc(Cl)c1S(=O)(=O)NCCC1CCNC1. The van der Waals surface area contributed by atoms with Crippen LogP contribution in [0.3, 0.4) is 0 Å². The maximum absolute atomic E-state index is 12.0. The van der Waals surface area contributed by atoms with Gasteiger partial charge in [-0.2, -0.15) is 5.10 Å². The van der Waals surface area contributed by atoms with Crippen LogP contribution in [0.15, 0.2) is 11.2 Å². The smallest absolute Gasteiger partial charge is 0.259 e. The van der Waals surface area contributed by atoms with E-state index >= 15 is 0 Å². The van der Waals surface area contributed by atoms with Gasteiger partial charge in [-0.15, -0.1) is 12.4 Å². The zero-order valence-electron chi connectivity index (χ0n) is 10.6. The molecule has 1 unspecified atom stereocenters. The molecular formula is C10H18Cl2N4O2S.